The van der Waals surface area contributed by atoms with Crippen LogP contribution in [0, 0.1) is 5.92 Å². The van der Waals surface area contributed by atoms with Crippen LogP contribution in [0.4, 0.5) is 10.5 Å². The standard InChI is InChI=1S/C23H26N6O2/c30-22-6-10-28(23(31)26-22)21-15-25-29-11-5-18(13-20(21)29)12-17-3-8-27(9-4-17)16-19-2-1-7-24-14-19/h1-2,5,7,11,13-15,17H,3-4,6,8-10,12,16H2,(H,26,30,31). The molecule has 8 nitrogen and oxygen atoms in total. The molecule has 0 unspecified atom stereocenters. The number of carbonyl (C=O) groups is 2. The third-order valence-corrected chi connectivity index (χ3v) is 6.27. The SMILES string of the molecule is O=C1CCN(c2cnn3ccc(CC4CCN(Cc5cccnc5)CC4)cc23)C(=O)N1. The zero-order chi connectivity index (χ0) is 21.2. The molecule has 0 bridgehead atoms. The number of likely N-dealkylation sites (tertiary alicyclic amines) is 1. The van der Waals surface area contributed by atoms with Gasteiger partial charge in [0.2, 0.25) is 5.91 Å². The molecular formula is C23H26N6O2. The summed E-state index contributed by atoms with van der Waals surface area (Å²) in [7, 11) is 0. The first-order chi connectivity index (χ1) is 15.2. The van der Waals surface area contributed by atoms with Crippen LogP contribution in [0.2, 0.25) is 0 Å². The van der Waals surface area contributed by atoms with E-state index >= 15 is 0 Å². The number of rotatable bonds is 5. The maximum absolute atomic E-state index is 12.3. The van der Waals surface area contributed by atoms with E-state index in [1.807, 2.05) is 24.7 Å². The first-order valence-corrected chi connectivity index (χ1v) is 10.8. The third-order valence-electron chi connectivity index (χ3n) is 6.27. The summed E-state index contributed by atoms with van der Waals surface area (Å²) in [5, 5.41) is 6.77. The van der Waals surface area contributed by atoms with Gasteiger partial charge < -0.3 is 0 Å². The van der Waals surface area contributed by atoms with Gasteiger partial charge in [-0.25, -0.2) is 9.31 Å². The number of amides is 3. The lowest BCUT2D eigenvalue weighted by Crippen LogP contribution is -2.49. The lowest BCUT2D eigenvalue weighted by atomic mass is 9.90. The zero-order valence-corrected chi connectivity index (χ0v) is 17.4. The molecule has 5 rings (SSSR count). The largest absolute Gasteiger partial charge is 0.328 e. The highest BCUT2D eigenvalue weighted by Gasteiger charge is 2.27. The molecule has 0 saturated carbocycles. The second-order valence-corrected chi connectivity index (χ2v) is 8.43. The molecule has 0 aromatic carbocycles. The van der Waals surface area contributed by atoms with Crippen molar-refractivity contribution in [3.05, 3.63) is 60.2 Å². The van der Waals surface area contributed by atoms with Crippen molar-refractivity contribution in [2.45, 2.75) is 32.2 Å². The number of aromatic nitrogens is 3. The highest BCUT2D eigenvalue weighted by atomic mass is 16.2. The first-order valence-electron chi connectivity index (χ1n) is 10.8. The topological polar surface area (TPSA) is 82.8 Å². The number of imide groups is 1. The minimum Gasteiger partial charge on any atom is -0.299 e. The van der Waals surface area contributed by atoms with Crippen LogP contribution < -0.4 is 10.2 Å². The molecule has 0 aliphatic carbocycles. The molecule has 2 aliphatic rings. The summed E-state index contributed by atoms with van der Waals surface area (Å²) < 4.78 is 1.79. The number of piperidine rings is 1. The second kappa shape index (κ2) is 8.47. The molecular weight excluding hydrogens is 392 g/mol. The Kier molecular flexibility index (Phi) is 5.38. The molecule has 0 atom stereocenters. The van der Waals surface area contributed by atoms with Gasteiger partial charge in [0.1, 0.15) is 0 Å². The van der Waals surface area contributed by atoms with Crippen LogP contribution in [0.25, 0.3) is 5.52 Å². The summed E-state index contributed by atoms with van der Waals surface area (Å²) in [6.07, 6.45) is 11.1. The minimum atomic E-state index is -0.377. The summed E-state index contributed by atoms with van der Waals surface area (Å²) in [5.74, 6) is 0.420. The van der Waals surface area contributed by atoms with Crippen molar-refractivity contribution in [3.8, 4) is 0 Å². The fourth-order valence-corrected chi connectivity index (χ4v) is 4.57. The Labute approximate surface area is 180 Å². The minimum absolute atomic E-state index is 0.228. The van der Waals surface area contributed by atoms with Gasteiger partial charge in [-0.3, -0.25) is 24.9 Å². The van der Waals surface area contributed by atoms with Gasteiger partial charge in [0.15, 0.2) is 0 Å². The number of nitrogens with zero attached hydrogens (tertiary/aromatic N) is 5. The van der Waals surface area contributed by atoms with E-state index in [-0.39, 0.29) is 11.9 Å². The van der Waals surface area contributed by atoms with Gasteiger partial charge in [-0.1, -0.05) is 6.07 Å². The third kappa shape index (κ3) is 4.29. The van der Waals surface area contributed by atoms with Crippen LogP contribution in [-0.2, 0) is 17.8 Å². The lowest BCUT2D eigenvalue weighted by Gasteiger charge is -2.32. The van der Waals surface area contributed by atoms with Gasteiger partial charge in [0.05, 0.1) is 17.4 Å². The van der Waals surface area contributed by atoms with Crippen molar-refractivity contribution >= 4 is 23.1 Å². The Morgan fingerprint density at radius 2 is 1.94 bits per heavy atom. The molecule has 2 fully saturated rings. The molecule has 3 aromatic rings. The average Bonchev–Trinajstić information content (AvgIpc) is 3.19. The predicted molar refractivity (Wildman–Crippen MR) is 117 cm³/mol. The maximum Gasteiger partial charge on any atom is 0.328 e. The lowest BCUT2D eigenvalue weighted by molar-refractivity contribution is -0.120. The average molecular weight is 419 g/mol. The normalized spacial score (nSPS) is 18.5. The van der Waals surface area contributed by atoms with E-state index in [1.165, 1.54) is 24.0 Å². The number of fused-ring (bicyclic) bond motifs is 1. The van der Waals surface area contributed by atoms with Gasteiger partial charge >= 0.3 is 6.03 Å². The van der Waals surface area contributed by atoms with E-state index in [4.69, 9.17) is 0 Å². The summed E-state index contributed by atoms with van der Waals surface area (Å²) in [5.41, 5.74) is 4.17. The second-order valence-electron chi connectivity index (χ2n) is 8.43. The smallest absolute Gasteiger partial charge is 0.299 e. The maximum atomic E-state index is 12.3. The fourth-order valence-electron chi connectivity index (χ4n) is 4.57. The molecule has 2 aliphatic heterocycles. The van der Waals surface area contributed by atoms with Crippen molar-refractivity contribution in [1.29, 1.82) is 0 Å². The van der Waals surface area contributed by atoms with Gasteiger partial charge in [0.25, 0.3) is 0 Å². The molecule has 0 spiro atoms. The molecule has 8 heteroatoms. The Morgan fingerprint density at radius 3 is 2.71 bits per heavy atom. The Hall–Kier alpha value is -3.26. The summed E-state index contributed by atoms with van der Waals surface area (Å²) in [6.45, 7) is 3.54. The first kappa shape index (κ1) is 19.7. The highest BCUT2D eigenvalue weighted by Crippen LogP contribution is 2.27. The van der Waals surface area contributed by atoms with Crippen molar-refractivity contribution < 1.29 is 9.59 Å². The quantitative estimate of drug-likeness (QED) is 0.689. The van der Waals surface area contributed by atoms with E-state index in [1.54, 1.807) is 15.6 Å². The van der Waals surface area contributed by atoms with Crippen LogP contribution in [-0.4, -0.2) is 51.1 Å². The van der Waals surface area contributed by atoms with E-state index < -0.39 is 0 Å². The van der Waals surface area contributed by atoms with Gasteiger partial charge in [0, 0.05) is 38.1 Å². The van der Waals surface area contributed by atoms with E-state index in [0.717, 1.165) is 37.3 Å². The Balaban J connectivity index is 1.24. The molecule has 3 amide bonds. The number of hydrogen-bond donors (Lipinski definition) is 1. The van der Waals surface area contributed by atoms with Crippen molar-refractivity contribution in [3.63, 3.8) is 0 Å². The number of hydrogen-bond acceptors (Lipinski definition) is 5. The van der Waals surface area contributed by atoms with E-state index in [9.17, 15) is 9.59 Å². The van der Waals surface area contributed by atoms with Crippen LogP contribution in [0.15, 0.2) is 49.1 Å². The van der Waals surface area contributed by atoms with E-state index in [2.05, 4.69) is 38.5 Å². The highest BCUT2D eigenvalue weighted by molar-refractivity contribution is 6.07. The van der Waals surface area contributed by atoms with E-state index in [0.29, 0.717) is 18.9 Å². The summed E-state index contributed by atoms with van der Waals surface area (Å²) in [4.78, 5) is 32.0. The number of pyridine rings is 2. The summed E-state index contributed by atoms with van der Waals surface area (Å²) in [6, 6.07) is 8.00. The fraction of sp³-hybridized carbons (Fsp3) is 0.391. The Bertz CT molecular complexity index is 1090. The zero-order valence-electron chi connectivity index (χ0n) is 17.4. The predicted octanol–water partition coefficient (Wildman–Crippen LogP) is 2.63. The van der Waals surface area contributed by atoms with Crippen LogP contribution in [0.5, 0.6) is 0 Å². The van der Waals surface area contributed by atoms with Crippen LogP contribution in [0.3, 0.4) is 0 Å². The number of anilines is 1. The number of nitrogens with one attached hydrogen (secondary N) is 1. The van der Waals surface area contributed by atoms with Gasteiger partial charge in [-0.15, -0.1) is 0 Å². The van der Waals surface area contributed by atoms with Crippen LogP contribution in [0.1, 0.15) is 30.4 Å². The number of urea groups is 1. The monoisotopic (exact) mass is 418 g/mol. The molecule has 2 saturated heterocycles. The van der Waals surface area contributed by atoms with Gasteiger partial charge in [-0.05, 0) is 67.6 Å². The molecule has 160 valence electrons. The van der Waals surface area contributed by atoms with Gasteiger partial charge in [-0.2, -0.15) is 5.10 Å². The molecule has 3 aromatic heterocycles. The van der Waals surface area contributed by atoms with Crippen molar-refractivity contribution in [1.82, 2.24) is 24.8 Å². The number of carbonyl (C=O) groups excluding carboxylic acids is 2. The molecule has 5 heterocycles. The van der Waals surface area contributed by atoms with Crippen molar-refractivity contribution in [2.24, 2.45) is 5.92 Å². The molecule has 1 N–H and O–H groups in total. The summed E-state index contributed by atoms with van der Waals surface area (Å²) >= 11 is 0. The Morgan fingerprint density at radius 1 is 1.06 bits per heavy atom. The molecule has 31 heavy (non-hydrogen) atoms. The van der Waals surface area contributed by atoms with Crippen LogP contribution >= 0.6 is 0 Å². The van der Waals surface area contributed by atoms with Crippen molar-refractivity contribution in [2.75, 3.05) is 24.5 Å². The molecule has 0 radical (unpaired) electrons.